The summed E-state index contributed by atoms with van der Waals surface area (Å²) in [5.74, 6) is -4.38. The van der Waals surface area contributed by atoms with Crippen LogP contribution >= 0.6 is 0 Å². The first kappa shape index (κ1) is 17.9. The summed E-state index contributed by atoms with van der Waals surface area (Å²) < 4.78 is 32.0. The summed E-state index contributed by atoms with van der Waals surface area (Å²) >= 11 is 0. The molecule has 2 rings (SSSR count). The van der Waals surface area contributed by atoms with Gasteiger partial charge in [0.2, 0.25) is 0 Å². The molecule has 2 heterocycles. The maximum atomic E-state index is 13.3. The molecule has 0 aliphatic carbocycles. The van der Waals surface area contributed by atoms with Crippen molar-refractivity contribution in [3.63, 3.8) is 0 Å². The predicted octanol–water partition coefficient (Wildman–Crippen LogP) is 1.45. The molecule has 0 radical (unpaired) electrons. The maximum absolute atomic E-state index is 13.3. The van der Waals surface area contributed by atoms with Crippen molar-refractivity contribution in [1.29, 1.82) is 0 Å². The zero-order valence-corrected chi connectivity index (χ0v) is 14.1. The van der Waals surface area contributed by atoms with Crippen LogP contribution in [0.2, 0.25) is 0 Å². The molecular formula is C15H25F2N3O3. The van der Waals surface area contributed by atoms with Crippen molar-refractivity contribution in [2.75, 3.05) is 26.2 Å². The van der Waals surface area contributed by atoms with Crippen molar-refractivity contribution < 1.29 is 23.1 Å². The van der Waals surface area contributed by atoms with Crippen LogP contribution in [0, 0.1) is 0 Å². The lowest BCUT2D eigenvalue weighted by atomic mass is 10.1. The van der Waals surface area contributed by atoms with Crippen LogP contribution in [-0.2, 0) is 9.53 Å². The minimum Gasteiger partial charge on any atom is -0.444 e. The minimum absolute atomic E-state index is 0.0476. The molecule has 2 atom stereocenters. The largest absolute Gasteiger partial charge is 0.444 e. The van der Waals surface area contributed by atoms with Gasteiger partial charge in [0, 0.05) is 44.7 Å². The van der Waals surface area contributed by atoms with E-state index in [1.807, 2.05) is 6.92 Å². The van der Waals surface area contributed by atoms with Gasteiger partial charge in [0.05, 0.1) is 0 Å². The third-order valence-electron chi connectivity index (χ3n) is 4.02. The summed E-state index contributed by atoms with van der Waals surface area (Å²) in [6, 6.07) is -0.298. The first-order valence-electron chi connectivity index (χ1n) is 7.90. The topological polar surface area (TPSA) is 61.9 Å². The number of likely N-dealkylation sites (tertiary alicyclic amines) is 1. The summed E-state index contributed by atoms with van der Waals surface area (Å²) in [5.41, 5.74) is -0.593. The second-order valence-electron chi connectivity index (χ2n) is 7.29. The van der Waals surface area contributed by atoms with Crippen LogP contribution in [-0.4, -0.2) is 71.6 Å². The number of alkyl halides is 2. The normalized spacial score (nSPS) is 28.2. The van der Waals surface area contributed by atoms with Crippen molar-refractivity contribution in [3.8, 4) is 0 Å². The molecule has 0 aromatic heterocycles. The number of piperazine rings is 1. The van der Waals surface area contributed by atoms with Gasteiger partial charge < -0.3 is 19.9 Å². The molecule has 8 heteroatoms. The quantitative estimate of drug-likeness (QED) is 0.831. The Labute approximate surface area is 135 Å². The van der Waals surface area contributed by atoms with Gasteiger partial charge in [-0.2, -0.15) is 8.78 Å². The van der Waals surface area contributed by atoms with Crippen molar-refractivity contribution >= 4 is 12.0 Å². The Kier molecular flexibility index (Phi) is 4.84. The molecule has 2 fully saturated rings. The van der Waals surface area contributed by atoms with E-state index in [0.717, 1.165) is 0 Å². The Morgan fingerprint density at radius 2 is 2.09 bits per heavy atom. The lowest BCUT2D eigenvalue weighted by molar-refractivity contribution is -0.148. The summed E-state index contributed by atoms with van der Waals surface area (Å²) in [6.45, 7) is 8.34. The minimum atomic E-state index is -3.26. The van der Waals surface area contributed by atoms with Crippen molar-refractivity contribution in [2.45, 2.75) is 57.7 Å². The van der Waals surface area contributed by atoms with E-state index in [2.05, 4.69) is 5.32 Å². The standard InChI is InChI=1S/C15H25F2N3O3/c1-10-7-18-11(8-19-6-5-15(16,17)12(19)21)9-20(10)13(22)23-14(2,3)4/h10-11,18H,5-9H2,1-4H3/t10-,11+/m1/s1. The predicted molar refractivity (Wildman–Crippen MR) is 80.3 cm³/mol. The highest BCUT2D eigenvalue weighted by molar-refractivity contribution is 5.85. The van der Waals surface area contributed by atoms with Gasteiger partial charge in [0.1, 0.15) is 5.60 Å². The molecule has 2 amide bonds. The third kappa shape index (κ3) is 4.31. The van der Waals surface area contributed by atoms with E-state index in [4.69, 9.17) is 4.74 Å². The number of carbonyl (C=O) groups excluding carboxylic acids is 2. The monoisotopic (exact) mass is 333 g/mol. The molecular weight excluding hydrogens is 308 g/mol. The molecule has 6 nitrogen and oxygen atoms in total. The molecule has 2 aliphatic heterocycles. The second-order valence-corrected chi connectivity index (χ2v) is 7.29. The van der Waals surface area contributed by atoms with E-state index in [-0.39, 0.29) is 25.2 Å². The van der Waals surface area contributed by atoms with E-state index >= 15 is 0 Å². The van der Waals surface area contributed by atoms with Crippen LogP contribution in [0.1, 0.15) is 34.1 Å². The van der Waals surface area contributed by atoms with Crippen LogP contribution in [0.15, 0.2) is 0 Å². The van der Waals surface area contributed by atoms with Crippen LogP contribution in [0.5, 0.6) is 0 Å². The highest BCUT2D eigenvalue weighted by Crippen LogP contribution is 2.28. The smallest absolute Gasteiger partial charge is 0.410 e. The fraction of sp³-hybridized carbons (Fsp3) is 0.867. The lowest BCUT2D eigenvalue weighted by Crippen LogP contribution is -2.60. The molecule has 2 saturated heterocycles. The number of rotatable bonds is 2. The molecule has 0 spiro atoms. The Hall–Kier alpha value is -1.44. The van der Waals surface area contributed by atoms with Gasteiger partial charge in [0.25, 0.3) is 5.91 Å². The van der Waals surface area contributed by atoms with Crippen LogP contribution in [0.4, 0.5) is 13.6 Å². The molecule has 0 saturated carbocycles. The molecule has 0 bridgehead atoms. The molecule has 1 N–H and O–H groups in total. The van der Waals surface area contributed by atoms with E-state index in [1.165, 1.54) is 4.90 Å². The van der Waals surface area contributed by atoms with Crippen LogP contribution in [0.3, 0.4) is 0 Å². The van der Waals surface area contributed by atoms with Crippen molar-refractivity contribution in [3.05, 3.63) is 0 Å². The molecule has 0 aromatic carbocycles. The molecule has 23 heavy (non-hydrogen) atoms. The summed E-state index contributed by atoms with van der Waals surface area (Å²) in [4.78, 5) is 26.6. The highest BCUT2D eigenvalue weighted by Gasteiger charge is 2.48. The van der Waals surface area contributed by atoms with Crippen molar-refractivity contribution in [1.82, 2.24) is 15.1 Å². The zero-order valence-electron chi connectivity index (χ0n) is 14.1. The number of nitrogens with zero attached hydrogens (tertiary/aromatic N) is 2. The summed E-state index contributed by atoms with van der Waals surface area (Å²) in [5, 5.41) is 3.20. The zero-order chi connectivity index (χ0) is 17.4. The summed E-state index contributed by atoms with van der Waals surface area (Å²) in [7, 11) is 0. The Bertz CT molecular complexity index is 479. The fourth-order valence-corrected chi connectivity index (χ4v) is 2.78. The molecule has 0 aromatic rings. The van der Waals surface area contributed by atoms with Gasteiger partial charge in [-0.3, -0.25) is 4.79 Å². The van der Waals surface area contributed by atoms with Gasteiger partial charge in [-0.25, -0.2) is 4.79 Å². The van der Waals surface area contributed by atoms with Gasteiger partial charge in [-0.1, -0.05) is 0 Å². The highest BCUT2D eigenvalue weighted by atomic mass is 19.3. The Balaban J connectivity index is 1.95. The maximum Gasteiger partial charge on any atom is 0.410 e. The van der Waals surface area contributed by atoms with E-state index in [9.17, 15) is 18.4 Å². The third-order valence-corrected chi connectivity index (χ3v) is 4.02. The fourth-order valence-electron chi connectivity index (χ4n) is 2.78. The van der Waals surface area contributed by atoms with Gasteiger partial charge in [0.15, 0.2) is 0 Å². The number of hydrogen-bond donors (Lipinski definition) is 1. The van der Waals surface area contributed by atoms with Gasteiger partial charge in [-0.05, 0) is 27.7 Å². The van der Waals surface area contributed by atoms with Gasteiger partial charge in [-0.15, -0.1) is 0 Å². The van der Waals surface area contributed by atoms with Crippen LogP contribution < -0.4 is 5.32 Å². The number of amides is 2. The van der Waals surface area contributed by atoms with E-state index in [0.29, 0.717) is 13.1 Å². The van der Waals surface area contributed by atoms with E-state index < -0.39 is 29.9 Å². The number of ether oxygens (including phenoxy) is 1. The lowest BCUT2D eigenvalue weighted by Gasteiger charge is -2.40. The number of nitrogens with one attached hydrogen (secondary N) is 1. The average molecular weight is 333 g/mol. The first-order valence-corrected chi connectivity index (χ1v) is 7.90. The van der Waals surface area contributed by atoms with E-state index in [1.54, 1.807) is 25.7 Å². The molecule has 0 unspecified atom stereocenters. The van der Waals surface area contributed by atoms with Crippen LogP contribution in [0.25, 0.3) is 0 Å². The average Bonchev–Trinajstić information content (AvgIpc) is 2.66. The molecule has 2 aliphatic rings. The summed E-state index contributed by atoms with van der Waals surface area (Å²) in [6.07, 6.45) is -0.861. The first-order chi connectivity index (χ1) is 10.5. The van der Waals surface area contributed by atoms with Crippen molar-refractivity contribution in [2.24, 2.45) is 0 Å². The Morgan fingerprint density at radius 3 is 2.61 bits per heavy atom. The SMILES string of the molecule is C[C@@H]1CN[C@@H](CN2CCC(F)(F)C2=O)CN1C(=O)OC(C)(C)C. The Morgan fingerprint density at radius 1 is 1.43 bits per heavy atom. The number of hydrogen-bond acceptors (Lipinski definition) is 4. The number of halogens is 2. The second kappa shape index (κ2) is 6.22. The van der Waals surface area contributed by atoms with Gasteiger partial charge >= 0.3 is 12.0 Å². The molecule has 132 valence electrons. The number of carbonyl (C=O) groups is 2.